The summed E-state index contributed by atoms with van der Waals surface area (Å²) in [5.74, 6) is -0.582. The van der Waals surface area contributed by atoms with Crippen LogP contribution in [0.1, 0.15) is 37.7 Å². The zero-order valence-electron chi connectivity index (χ0n) is 14.2. The maximum atomic E-state index is 12.6. The Balaban J connectivity index is 2.04. The Morgan fingerprint density at radius 3 is 2.42 bits per heavy atom. The van der Waals surface area contributed by atoms with Gasteiger partial charge in [0.05, 0.1) is 18.4 Å². The van der Waals surface area contributed by atoms with E-state index in [1.54, 1.807) is 7.11 Å². The van der Waals surface area contributed by atoms with E-state index in [9.17, 15) is 14.7 Å². The number of carboxylic acid groups (broad SMARTS) is 1. The SMILES string of the molecule is CCC(C(=O)NCC1(C(=O)O)CCOCC1)c1ccc(OC)cc1. The number of benzene rings is 1. The number of hydrogen-bond acceptors (Lipinski definition) is 4. The molecule has 1 amide bonds. The molecule has 24 heavy (non-hydrogen) atoms. The third-order valence-electron chi connectivity index (χ3n) is 4.75. The largest absolute Gasteiger partial charge is 0.497 e. The summed E-state index contributed by atoms with van der Waals surface area (Å²) in [4.78, 5) is 24.2. The number of nitrogens with one attached hydrogen (secondary N) is 1. The van der Waals surface area contributed by atoms with Crippen molar-refractivity contribution in [2.45, 2.75) is 32.1 Å². The Labute approximate surface area is 142 Å². The number of ether oxygens (including phenoxy) is 2. The number of aliphatic carboxylic acids is 1. The Morgan fingerprint density at radius 2 is 1.92 bits per heavy atom. The maximum Gasteiger partial charge on any atom is 0.311 e. The van der Waals surface area contributed by atoms with Crippen LogP contribution in [0.4, 0.5) is 0 Å². The molecule has 1 atom stereocenters. The molecule has 1 aliphatic rings. The van der Waals surface area contributed by atoms with Crippen molar-refractivity contribution in [1.29, 1.82) is 0 Å². The summed E-state index contributed by atoms with van der Waals surface area (Å²) < 4.78 is 10.4. The van der Waals surface area contributed by atoms with Crippen LogP contribution in [0.25, 0.3) is 0 Å². The first-order valence-corrected chi connectivity index (χ1v) is 8.25. The van der Waals surface area contributed by atoms with Crippen molar-refractivity contribution in [3.63, 3.8) is 0 Å². The summed E-state index contributed by atoms with van der Waals surface area (Å²) in [7, 11) is 1.60. The summed E-state index contributed by atoms with van der Waals surface area (Å²) >= 11 is 0. The molecule has 1 aromatic rings. The molecule has 1 aliphatic heterocycles. The molecular weight excluding hydrogens is 310 g/mol. The van der Waals surface area contributed by atoms with Gasteiger partial charge in [0, 0.05) is 19.8 Å². The second kappa shape index (κ2) is 8.15. The van der Waals surface area contributed by atoms with Gasteiger partial charge in [-0.2, -0.15) is 0 Å². The molecule has 2 rings (SSSR count). The molecule has 132 valence electrons. The summed E-state index contributed by atoms with van der Waals surface area (Å²) in [6.45, 7) is 2.91. The minimum Gasteiger partial charge on any atom is -0.497 e. The van der Waals surface area contributed by atoms with Gasteiger partial charge in [-0.05, 0) is 37.0 Å². The highest BCUT2D eigenvalue weighted by Gasteiger charge is 2.40. The van der Waals surface area contributed by atoms with Gasteiger partial charge in [-0.3, -0.25) is 9.59 Å². The summed E-state index contributed by atoms with van der Waals surface area (Å²) in [6.07, 6.45) is 1.48. The zero-order chi connectivity index (χ0) is 17.6. The third kappa shape index (κ3) is 4.06. The van der Waals surface area contributed by atoms with E-state index in [2.05, 4.69) is 5.32 Å². The molecule has 0 aliphatic carbocycles. The predicted octanol–water partition coefficient (Wildman–Crippen LogP) is 2.19. The molecule has 0 saturated carbocycles. The lowest BCUT2D eigenvalue weighted by molar-refractivity contribution is -0.154. The molecule has 1 heterocycles. The van der Waals surface area contributed by atoms with Gasteiger partial charge in [0.2, 0.25) is 5.91 Å². The lowest BCUT2D eigenvalue weighted by atomic mass is 9.80. The van der Waals surface area contributed by atoms with Crippen LogP contribution < -0.4 is 10.1 Å². The summed E-state index contributed by atoms with van der Waals surface area (Å²) in [5, 5.41) is 12.4. The van der Waals surface area contributed by atoms with E-state index >= 15 is 0 Å². The molecular formula is C18H25NO5. The van der Waals surface area contributed by atoms with Crippen LogP contribution in [0.5, 0.6) is 5.75 Å². The van der Waals surface area contributed by atoms with E-state index in [0.717, 1.165) is 11.3 Å². The Morgan fingerprint density at radius 1 is 1.29 bits per heavy atom. The highest BCUT2D eigenvalue weighted by atomic mass is 16.5. The standard InChI is InChI=1S/C18H25NO5/c1-3-15(13-4-6-14(23-2)7-5-13)16(20)19-12-18(17(21)22)8-10-24-11-9-18/h4-7,15H,3,8-12H2,1-2H3,(H,19,20)(H,21,22). The average Bonchev–Trinajstić information content (AvgIpc) is 2.62. The van der Waals surface area contributed by atoms with Crippen molar-refractivity contribution in [1.82, 2.24) is 5.32 Å². The third-order valence-corrected chi connectivity index (χ3v) is 4.75. The van der Waals surface area contributed by atoms with Crippen molar-refractivity contribution in [3.05, 3.63) is 29.8 Å². The van der Waals surface area contributed by atoms with E-state index in [1.165, 1.54) is 0 Å². The highest BCUT2D eigenvalue weighted by Crippen LogP contribution is 2.30. The van der Waals surface area contributed by atoms with Gasteiger partial charge in [-0.25, -0.2) is 0 Å². The minimum absolute atomic E-state index is 0.136. The topological polar surface area (TPSA) is 84.9 Å². The quantitative estimate of drug-likeness (QED) is 0.798. The molecule has 2 N–H and O–H groups in total. The fourth-order valence-electron chi connectivity index (χ4n) is 3.02. The van der Waals surface area contributed by atoms with Crippen molar-refractivity contribution in [2.75, 3.05) is 26.9 Å². The van der Waals surface area contributed by atoms with Crippen molar-refractivity contribution < 1.29 is 24.2 Å². The Hall–Kier alpha value is -2.08. The number of carbonyl (C=O) groups excluding carboxylic acids is 1. The molecule has 1 aromatic carbocycles. The van der Waals surface area contributed by atoms with Crippen LogP contribution in [0.15, 0.2) is 24.3 Å². The van der Waals surface area contributed by atoms with E-state index in [4.69, 9.17) is 9.47 Å². The van der Waals surface area contributed by atoms with Crippen LogP contribution >= 0.6 is 0 Å². The molecule has 1 saturated heterocycles. The van der Waals surface area contributed by atoms with Crippen molar-refractivity contribution >= 4 is 11.9 Å². The van der Waals surface area contributed by atoms with E-state index in [-0.39, 0.29) is 18.4 Å². The molecule has 6 heteroatoms. The number of hydrogen-bond donors (Lipinski definition) is 2. The maximum absolute atomic E-state index is 12.6. The van der Waals surface area contributed by atoms with Crippen LogP contribution in [0.3, 0.4) is 0 Å². The Kier molecular flexibility index (Phi) is 6.20. The molecule has 6 nitrogen and oxygen atoms in total. The van der Waals surface area contributed by atoms with Gasteiger partial charge < -0.3 is 19.9 Å². The van der Waals surface area contributed by atoms with Crippen molar-refractivity contribution in [3.8, 4) is 5.75 Å². The van der Waals surface area contributed by atoms with Gasteiger partial charge >= 0.3 is 5.97 Å². The van der Waals surface area contributed by atoms with Crippen molar-refractivity contribution in [2.24, 2.45) is 5.41 Å². The Bertz CT molecular complexity index is 563. The van der Waals surface area contributed by atoms with E-state index < -0.39 is 11.4 Å². The average molecular weight is 335 g/mol. The first kappa shape index (κ1) is 18.3. The fourth-order valence-corrected chi connectivity index (χ4v) is 3.02. The lowest BCUT2D eigenvalue weighted by Gasteiger charge is -2.33. The molecule has 0 aromatic heterocycles. The number of carbonyl (C=O) groups is 2. The molecule has 0 radical (unpaired) electrons. The molecule has 1 fully saturated rings. The van der Waals surface area contributed by atoms with Gasteiger partial charge in [0.15, 0.2) is 0 Å². The lowest BCUT2D eigenvalue weighted by Crippen LogP contribution is -2.47. The normalized spacial score (nSPS) is 17.8. The van der Waals surface area contributed by atoms with Crippen LogP contribution in [0.2, 0.25) is 0 Å². The van der Waals surface area contributed by atoms with Crippen LogP contribution in [-0.4, -0.2) is 43.9 Å². The summed E-state index contributed by atoms with van der Waals surface area (Å²) in [5.41, 5.74) is -0.0290. The highest BCUT2D eigenvalue weighted by molar-refractivity contribution is 5.84. The first-order valence-electron chi connectivity index (χ1n) is 8.25. The summed E-state index contributed by atoms with van der Waals surface area (Å²) in [6, 6.07) is 7.38. The van der Waals surface area contributed by atoms with Crippen LogP contribution in [0, 0.1) is 5.41 Å². The minimum atomic E-state index is -0.924. The first-order chi connectivity index (χ1) is 11.5. The number of rotatable bonds is 7. The zero-order valence-corrected chi connectivity index (χ0v) is 14.2. The monoisotopic (exact) mass is 335 g/mol. The second-order valence-corrected chi connectivity index (χ2v) is 6.15. The molecule has 1 unspecified atom stereocenters. The smallest absolute Gasteiger partial charge is 0.311 e. The van der Waals surface area contributed by atoms with E-state index in [1.807, 2.05) is 31.2 Å². The van der Waals surface area contributed by atoms with Gasteiger partial charge in [0.25, 0.3) is 0 Å². The number of amides is 1. The number of methoxy groups -OCH3 is 1. The van der Waals surface area contributed by atoms with Gasteiger partial charge in [-0.15, -0.1) is 0 Å². The van der Waals surface area contributed by atoms with Gasteiger partial charge in [-0.1, -0.05) is 19.1 Å². The predicted molar refractivity (Wildman–Crippen MR) is 89.2 cm³/mol. The number of carboxylic acids is 1. The second-order valence-electron chi connectivity index (χ2n) is 6.15. The fraction of sp³-hybridized carbons (Fsp3) is 0.556. The van der Waals surface area contributed by atoms with E-state index in [0.29, 0.717) is 32.5 Å². The van der Waals surface area contributed by atoms with Crippen LogP contribution in [-0.2, 0) is 14.3 Å². The molecule has 0 bridgehead atoms. The van der Waals surface area contributed by atoms with Gasteiger partial charge in [0.1, 0.15) is 5.75 Å². The molecule has 0 spiro atoms.